The van der Waals surface area contributed by atoms with Crippen LogP contribution < -0.4 is 15.4 Å². The molecule has 1 aromatic rings. The third kappa shape index (κ3) is 2.78. The van der Waals surface area contributed by atoms with Gasteiger partial charge in [-0.05, 0) is 12.1 Å². The van der Waals surface area contributed by atoms with Gasteiger partial charge in [-0.3, -0.25) is 9.59 Å². The van der Waals surface area contributed by atoms with Crippen molar-refractivity contribution in [1.29, 1.82) is 0 Å². The highest BCUT2D eigenvalue weighted by atomic mass is 16.5. The number of nitrogens with zero attached hydrogens (tertiary/aromatic N) is 1. The fraction of sp³-hybridized carbons (Fsp3) is 0.385. The van der Waals surface area contributed by atoms with E-state index in [0.29, 0.717) is 30.3 Å². The van der Waals surface area contributed by atoms with E-state index in [1.54, 1.807) is 23.1 Å². The molecule has 0 radical (unpaired) electrons. The summed E-state index contributed by atoms with van der Waals surface area (Å²) in [5.74, 6) is -0.00451. The molecule has 6 heteroatoms. The minimum absolute atomic E-state index is 0.0737. The topological polar surface area (TPSA) is 81.9 Å². The molecule has 19 heavy (non-hydrogen) atoms. The first kappa shape index (κ1) is 13.2. The standard InChI is InChI=1S/C13H16N2O4/c1-18-12(17)6-5-11(16)15-7-8-19-13-9(14)3-2-4-10(13)15/h2-4H,5-8,14H2,1H3. The van der Waals surface area contributed by atoms with E-state index in [1.165, 1.54) is 7.11 Å². The molecule has 0 spiro atoms. The number of hydrogen-bond acceptors (Lipinski definition) is 5. The number of esters is 1. The number of nitrogen functional groups attached to an aromatic ring is 1. The van der Waals surface area contributed by atoms with E-state index >= 15 is 0 Å². The highest BCUT2D eigenvalue weighted by molar-refractivity contribution is 5.97. The number of carbonyl (C=O) groups is 2. The van der Waals surface area contributed by atoms with Crippen molar-refractivity contribution >= 4 is 23.3 Å². The Morgan fingerprint density at radius 2 is 2.21 bits per heavy atom. The maximum absolute atomic E-state index is 12.1. The molecule has 1 aliphatic heterocycles. The molecule has 1 heterocycles. The van der Waals surface area contributed by atoms with Crippen LogP contribution in [0.3, 0.4) is 0 Å². The minimum atomic E-state index is -0.394. The monoisotopic (exact) mass is 264 g/mol. The summed E-state index contributed by atoms with van der Waals surface area (Å²) < 4.78 is 9.99. The molecule has 0 aromatic heterocycles. The molecular formula is C13H16N2O4. The van der Waals surface area contributed by atoms with Crippen LogP contribution in [0.5, 0.6) is 5.75 Å². The Kier molecular flexibility index (Phi) is 3.89. The zero-order valence-electron chi connectivity index (χ0n) is 10.7. The largest absolute Gasteiger partial charge is 0.487 e. The van der Waals surface area contributed by atoms with E-state index in [1.807, 2.05) is 0 Å². The first-order valence-electron chi connectivity index (χ1n) is 6.02. The van der Waals surface area contributed by atoms with Crippen LogP contribution in [0.4, 0.5) is 11.4 Å². The summed E-state index contributed by atoms with van der Waals surface area (Å²) in [5.41, 5.74) is 6.97. The number of rotatable bonds is 3. The lowest BCUT2D eigenvalue weighted by Gasteiger charge is -2.30. The average molecular weight is 264 g/mol. The van der Waals surface area contributed by atoms with Crippen LogP contribution in [-0.4, -0.2) is 32.1 Å². The third-order valence-corrected chi connectivity index (χ3v) is 2.95. The summed E-state index contributed by atoms with van der Waals surface area (Å²) >= 11 is 0. The van der Waals surface area contributed by atoms with Crippen molar-refractivity contribution < 1.29 is 19.1 Å². The molecule has 1 amide bonds. The highest BCUT2D eigenvalue weighted by Gasteiger charge is 2.25. The summed E-state index contributed by atoms with van der Waals surface area (Å²) in [6.45, 7) is 0.849. The number of amides is 1. The number of benzene rings is 1. The van der Waals surface area contributed by atoms with Gasteiger partial charge in [0.05, 0.1) is 31.5 Å². The second-order valence-electron chi connectivity index (χ2n) is 4.17. The predicted molar refractivity (Wildman–Crippen MR) is 70.0 cm³/mol. The van der Waals surface area contributed by atoms with Crippen molar-refractivity contribution in [3.05, 3.63) is 18.2 Å². The first-order valence-corrected chi connectivity index (χ1v) is 6.02. The maximum atomic E-state index is 12.1. The van der Waals surface area contributed by atoms with Crippen LogP contribution in [0.25, 0.3) is 0 Å². The molecule has 6 nitrogen and oxygen atoms in total. The van der Waals surface area contributed by atoms with Crippen molar-refractivity contribution in [3.8, 4) is 5.75 Å². The van der Waals surface area contributed by atoms with Gasteiger partial charge in [0.15, 0.2) is 5.75 Å². The van der Waals surface area contributed by atoms with Gasteiger partial charge in [-0.15, -0.1) is 0 Å². The van der Waals surface area contributed by atoms with Crippen molar-refractivity contribution in [2.24, 2.45) is 0 Å². The first-order chi connectivity index (χ1) is 9.13. The Balaban J connectivity index is 2.13. The molecule has 0 fully saturated rings. The number of nitrogens with two attached hydrogens (primary N) is 1. The lowest BCUT2D eigenvalue weighted by atomic mass is 10.2. The van der Waals surface area contributed by atoms with Crippen LogP contribution in [0.15, 0.2) is 18.2 Å². The fourth-order valence-electron chi connectivity index (χ4n) is 1.98. The molecular weight excluding hydrogens is 248 g/mol. The van der Waals surface area contributed by atoms with Gasteiger partial charge in [0.25, 0.3) is 0 Å². The van der Waals surface area contributed by atoms with Gasteiger partial charge in [-0.1, -0.05) is 6.07 Å². The molecule has 0 saturated carbocycles. The molecule has 0 aliphatic carbocycles. The maximum Gasteiger partial charge on any atom is 0.306 e. The summed E-state index contributed by atoms with van der Waals surface area (Å²) in [6, 6.07) is 5.27. The molecule has 1 aliphatic rings. The molecule has 2 rings (SSSR count). The average Bonchev–Trinajstić information content (AvgIpc) is 2.44. The van der Waals surface area contributed by atoms with Crippen LogP contribution in [0, 0.1) is 0 Å². The van der Waals surface area contributed by atoms with Gasteiger partial charge < -0.3 is 20.1 Å². The molecule has 0 bridgehead atoms. The van der Waals surface area contributed by atoms with Crippen molar-refractivity contribution in [2.45, 2.75) is 12.8 Å². The van der Waals surface area contributed by atoms with Crippen molar-refractivity contribution in [1.82, 2.24) is 0 Å². The summed E-state index contributed by atoms with van der Waals surface area (Å²) in [5, 5.41) is 0. The van der Waals surface area contributed by atoms with E-state index in [-0.39, 0.29) is 18.7 Å². The SMILES string of the molecule is COC(=O)CCC(=O)N1CCOc2c(N)cccc21. The predicted octanol–water partition coefficient (Wildman–Crippen LogP) is 0.947. The van der Waals surface area contributed by atoms with Crippen LogP contribution >= 0.6 is 0 Å². The quantitative estimate of drug-likeness (QED) is 0.649. The van der Waals surface area contributed by atoms with Crippen LogP contribution in [0.2, 0.25) is 0 Å². The van der Waals surface area contributed by atoms with Crippen LogP contribution in [0.1, 0.15) is 12.8 Å². The van der Waals surface area contributed by atoms with Gasteiger partial charge >= 0.3 is 5.97 Å². The van der Waals surface area contributed by atoms with Gasteiger partial charge in [0.2, 0.25) is 5.91 Å². The van der Waals surface area contributed by atoms with E-state index in [9.17, 15) is 9.59 Å². The van der Waals surface area contributed by atoms with E-state index < -0.39 is 5.97 Å². The van der Waals surface area contributed by atoms with Crippen molar-refractivity contribution in [3.63, 3.8) is 0 Å². The molecule has 2 N–H and O–H groups in total. The molecule has 1 aromatic carbocycles. The van der Waals surface area contributed by atoms with E-state index in [4.69, 9.17) is 10.5 Å². The smallest absolute Gasteiger partial charge is 0.306 e. The second-order valence-corrected chi connectivity index (χ2v) is 4.17. The lowest BCUT2D eigenvalue weighted by molar-refractivity contribution is -0.141. The summed E-state index contributed by atoms with van der Waals surface area (Å²) in [6.07, 6.45) is 0.186. The van der Waals surface area contributed by atoms with Crippen molar-refractivity contribution in [2.75, 3.05) is 30.9 Å². The molecule has 0 unspecified atom stereocenters. The molecule has 0 saturated heterocycles. The Labute approximate surface area is 111 Å². The van der Waals surface area contributed by atoms with Gasteiger partial charge in [0, 0.05) is 6.42 Å². The van der Waals surface area contributed by atoms with Gasteiger partial charge in [-0.25, -0.2) is 0 Å². The zero-order chi connectivity index (χ0) is 13.8. The Bertz CT molecular complexity index is 501. The van der Waals surface area contributed by atoms with Crippen LogP contribution in [-0.2, 0) is 14.3 Å². The number of hydrogen-bond donors (Lipinski definition) is 1. The van der Waals surface area contributed by atoms with Gasteiger partial charge in [0.1, 0.15) is 6.61 Å². The number of fused-ring (bicyclic) bond motifs is 1. The highest BCUT2D eigenvalue weighted by Crippen LogP contribution is 2.36. The van der Waals surface area contributed by atoms with E-state index in [0.717, 1.165) is 0 Å². The number of methoxy groups -OCH3 is 1. The summed E-state index contributed by atoms with van der Waals surface area (Å²) in [7, 11) is 1.30. The van der Waals surface area contributed by atoms with Gasteiger partial charge in [-0.2, -0.15) is 0 Å². The Hall–Kier alpha value is -2.24. The Morgan fingerprint density at radius 1 is 1.42 bits per heavy atom. The Morgan fingerprint density at radius 3 is 2.95 bits per heavy atom. The second kappa shape index (κ2) is 5.60. The minimum Gasteiger partial charge on any atom is -0.487 e. The van der Waals surface area contributed by atoms with E-state index in [2.05, 4.69) is 4.74 Å². The third-order valence-electron chi connectivity index (χ3n) is 2.95. The normalized spacial score (nSPS) is 13.4. The number of ether oxygens (including phenoxy) is 2. The lowest BCUT2D eigenvalue weighted by Crippen LogP contribution is -2.38. The molecule has 0 atom stereocenters. The summed E-state index contributed by atoms with van der Waals surface area (Å²) in [4.78, 5) is 24.8. The zero-order valence-corrected chi connectivity index (χ0v) is 10.7. The number of para-hydroxylation sites is 1. The number of anilines is 2. The molecule has 102 valence electrons. The number of carbonyl (C=O) groups excluding carboxylic acids is 2. The fourth-order valence-corrected chi connectivity index (χ4v) is 1.98.